The van der Waals surface area contributed by atoms with Crippen LogP contribution in [-0.4, -0.2) is 62.0 Å². The van der Waals surface area contributed by atoms with Crippen LogP contribution in [0.25, 0.3) is 0 Å². The molecule has 2 aromatic carbocycles. The topological polar surface area (TPSA) is 81.1 Å². The Kier molecular flexibility index (Phi) is 7.05. The molecule has 2 saturated heterocycles. The fourth-order valence-electron chi connectivity index (χ4n) is 5.19. The summed E-state index contributed by atoms with van der Waals surface area (Å²) in [6, 6.07) is 10.8. The van der Waals surface area contributed by atoms with Crippen LogP contribution in [0.5, 0.6) is 11.5 Å². The number of hydrogen-bond acceptors (Lipinski definition) is 7. The van der Waals surface area contributed by atoms with E-state index in [2.05, 4.69) is 9.80 Å². The lowest BCUT2D eigenvalue weighted by molar-refractivity contribution is -0.252. The van der Waals surface area contributed by atoms with E-state index in [-0.39, 0.29) is 12.0 Å². The van der Waals surface area contributed by atoms with Gasteiger partial charge in [-0.15, -0.1) is 0 Å². The zero-order valence-electron chi connectivity index (χ0n) is 19.6. The summed E-state index contributed by atoms with van der Waals surface area (Å²) in [4.78, 5) is 4.31. The van der Waals surface area contributed by atoms with Gasteiger partial charge in [0, 0.05) is 36.8 Å². The molecule has 1 N–H and O–H groups in total. The molecule has 2 aromatic rings. The minimum Gasteiger partial charge on any atom is -0.860 e. The summed E-state index contributed by atoms with van der Waals surface area (Å²) in [5.41, 5.74) is 0.538. The van der Waals surface area contributed by atoms with Gasteiger partial charge in [-0.1, -0.05) is 11.6 Å². The number of anilines is 1. The third-order valence-corrected chi connectivity index (χ3v) is 7.34. The minimum atomic E-state index is -1.20. The molecule has 0 aromatic heterocycles. The number of fused-ring (bicyclic) bond motifs is 1. The highest BCUT2D eigenvalue weighted by molar-refractivity contribution is 6.30. The largest absolute Gasteiger partial charge is 0.860 e. The first-order valence-corrected chi connectivity index (χ1v) is 12.6. The maximum atomic E-state index is 14.6. The zero-order valence-corrected chi connectivity index (χ0v) is 20.4. The van der Waals surface area contributed by atoms with E-state index >= 15 is 0 Å². The van der Waals surface area contributed by atoms with Crippen molar-refractivity contribution in [1.82, 2.24) is 4.90 Å². The number of nitrogens with zero attached hydrogens (tertiary/aromatic N) is 2. The molecule has 9 heteroatoms. The van der Waals surface area contributed by atoms with Crippen molar-refractivity contribution in [3.63, 3.8) is 0 Å². The van der Waals surface area contributed by atoms with Crippen LogP contribution < -0.4 is 19.5 Å². The zero-order chi connectivity index (χ0) is 24.4. The third-order valence-electron chi connectivity index (χ3n) is 7.08. The van der Waals surface area contributed by atoms with Crippen molar-refractivity contribution in [2.45, 2.75) is 43.9 Å². The molecule has 0 amide bonds. The summed E-state index contributed by atoms with van der Waals surface area (Å²) < 4.78 is 32.1. The molecule has 3 aliphatic heterocycles. The molecule has 5 rings (SSSR count). The molecular formula is C26H30ClFN3O4-. The van der Waals surface area contributed by atoms with Crippen LogP contribution in [-0.2, 0) is 11.2 Å². The molecule has 3 aliphatic rings. The molecule has 2 fully saturated rings. The van der Waals surface area contributed by atoms with Gasteiger partial charge in [0.15, 0.2) is 17.3 Å². The number of nitrogens with one attached hydrogen (secondary N) is 1. The van der Waals surface area contributed by atoms with Crippen molar-refractivity contribution < 1.29 is 23.7 Å². The van der Waals surface area contributed by atoms with E-state index in [4.69, 9.17) is 31.2 Å². The van der Waals surface area contributed by atoms with Gasteiger partial charge in [0.25, 0.3) is 0 Å². The molecule has 1 unspecified atom stereocenters. The third kappa shape index (κ3) is 5.20. The fraction of sp³-hybridized carbons (Fsp3) is 0.500. The molecule has 0 spiro atoms. The first-order valence-electron chi connectivity index (χ1n) is 12.2. The summed E-state index contributed by atoms with van der Waals surface area (Å²) in [5.74, 6) is -0.539. The Balaban J connectivity index is 1.32. The van der Waals surface area contributed by atoms with E-state index in [1.54, 1.807) is 0 Å². The monoisotopic (exact) mass is 502 g/mol. The van der Waals surface area contributed by atoms with E-state index in [1.165, 1.54) is 6.07 Å². The van der Waals surface area contributed by atoms with E-state index in [0.717, 1.165) is 37.2 Å². The van der Waals surface area contributed by atoms with Gasteiger partial charge in [0.2, 0.25) is 0 Å². The smallest absolute Gasteiger partial charge is 0.197 e. The molecule has 35 heavy (non-hydrogen) atoms. The first kappa shape index (κ1) is 24.2. The van der Waals surface area contributed by atoms with Crippen LogP contribution >= 0.6 is 11.6 Å². The van der Waals surface area contributed by atoms with Crippen molar-refractivity contribution in [3.05, 3.63) is 52.8 Å². The summed E-state index contributed by atoms with van der Waals surface area (Å²) in [7, 11) is 0. The van der Waals surface area contributed by atoms with Crippen LogP contribution in [0.15, 0.2) is 36.4 Å². The minimum absolute atomic E-state index is 0.166. The van der Waals surface area contributed by atoms with Gasteiger partial charge in [-0.25, -0.2) is 4.39 Å². The van der Waals surface area contributed by atoms with Crippen molar-refractivity contribution in [2.24, 2.45) is 0 Å². The molecule has 0 aliphatic carbocycles. The lowest BCUT2D eigenvalue weighted by Crippen LogP contribution is -2.54. The standard InChI is InChI=1S/C26H31ClFN3O4/c27-19-4-6-20(7-5-19)31-12-9-26(17-31,25(29)32)35-23(30-10-1-2-11-30)8-3-18-15-21(28)24-22(16-18)33-13-14-34-24/h4-7,15-16,23H,1-3,8-14,17H2,(H2,29,32)/p-1/t23?,26-/m0/s1. The number of halogens is 2. The predicted molar refractivity (Wildman–Crippen MR) is 130 cm³/mol. The number of hydrogen-bond donors (Lipinski definition) is 1. The van der Waals surface area contributed by atoms with Crippen LogP contribution in [0.1, 0.15) is 31.2 Å². The molecule has 188 valence electrons. The summed E-state index contributed by atoms with van der Waals surface area (Å²) in [6.07, 6.45) is 3.37. The highest BCUT2D eigenvalue weighted by atomic mass is 35.5. The van der Waals surface area contributed by atoms with Gasteiger partial charge in [-0.05, 0) is 73.5 Å². The van der Waals surface area contributed by atoms with Crippen LogP contribution in [0.3, 0.4) is 0 Å². The molecule has 0 bridgehead atoms. The highest BCUT2D eigenvalue weighted by Gasteiger charge is 2.42. The molecule has 0 saturated carbocycles. The average Bonchev–Trinajstić information content (AvgIpc) is 3.54. The number of likely N-dealkylation sites (tertiary alicyclic amines) is 1. The van der Waals surface area contributed by atoms with Crippen molar-refractivity contribution in [2.75, 3.05) is 44.3 Å². The number of ether oxygens (including phenoxy) is 3. The highest BCUT2D eigenvalue weighted by Crippen LogP contribution is 2.36. The van der Waals surface area contributed by atoms with E-state index in [1.807, 2.05) is 30.3 Å². The summed E-state index contributed by atoms with van der Waals surface area (Å²) in [5, 5.41) is 21.4. The normalized spacial score (nSPS) is 23.0. The van der Waals surface area contributed by atoms with Crippen molar-refractivity contribution in [3.8, 4) is 11.5 Å². The van der Waals surface area contributed by atoms with Crippen molar-refractivity contribution in [1.29, 1.82) is 5.41 Å². The number of aryl methyl sites for hydroxylation is 1. The Morgan fingerprint density at radius 1 is 1.14 bits per heavy atom. The van der Waals surface area contributed by atoms with Gasteiger partial charge < -0.3 is 29.6 Å². The van der Waals surface area contributed by atoms with Crippen molar-refractivity contribution >= 4 is 23.2 Å². The summed E-state index contributed by atoms with van der Waals surface area (Å²) >= 11 is 6.03. The average molecular weight is 503 g/mol. The van der Waals surface area contributed by atoms with E-state index < -0.39 is 17.3 Å². The van der Waals surface area contributed by atoms with Gasteiger partial charge in [0.05, 0.1) is 6.54 Å². The Bertz CT molecular complexity index is 1060. The molecule has 2 atom stereocenters. The molecule has 0 radical (unpaired) electrons. The van der Waals surface area contributed by atoms with Gasteiger partial charge >= 0.3 is 0 Å². The van der Waals surface area contributed by atoms with Gasteiger partial charge in [-0.3, -0.25) is 4.90 Å². The Labute approximate surface area is 209 Å². The van der Waals surface area contributed by atoms with Gasteiger partial charge in [0.1, 0.15) is 25.0 Å². The number of rotatable bonds is 8. The maximum absolute atomic E-state index is 14.6. The Hall–Kier alpha value is -2.55. The second-order valence-corrected chi connectivity index (χ2v) is 9.86. The quantitative estimate of drug-likeness (QED) is 0.439. The molecular weight excluding hydrogens is 473 g/mol. The van der Waals surface area contributed by atoms with E-state index in [0.29, 0.717) is 56.3 Å². The second-order valence-electron chi connectivity index (χ2n) is 9.43. The fourth-order valence-corrected chi connectivity index (χ4v) is 5.32. The summed E-state index contributed by atoms with van der Waals surface area (Å²) in [6.45, 7) is 3.43. The SMILES string of the molecule is N=C([O-])[C@]1(OC(CCc2cc(F)c3c(c2)OCCO3)N2CCCC2)CCN(c2ccc(Cl)cc2)C1. The second kappa shape index (κ2) is 10.2. The van der Waals surface area contributed by atoms with Crippen LogP contribution in [0.2, 0.25) is 5.02 Å². The van der Waals surface area contributed by atoms with Gasteiger partial charge in [-0.2, -0.15) is 0 Å². The number of benzene rings is 2. The van der Waals surface area contributed by atoms with E-state index in [9.17, 15) is 9.50 Å². The predicted octanol–water partition coefficient (Wildman–Crippen LogP) is 3.61. The lowest BCUT2D eigenvalue weighted by Gasteiger charge is -2.40. The Morgan fingerprint density at radius 3 is 2.63 bits per heavy atom. The lowest BCUT2D eigenvalue weighted by atomic mass is 10.0. The van der Waals surface area contributed by atoms with Crippen LogP contribution in [0, 0.1) is 11.2 Å². The first-order chi connectivity index (χ1) is 16.9. The Morgan fingerprint density at radius 2 is 1.89 bits per heavy atom. The molecule has 7 nitrogen and oxygen atoms in total. The molecule has 3 heterocycles. The van der Waals surface area contributed by atoms with Crippen LogP contribution in [0.4, 0.5) is 10.1 Å². The maximum Gasteiger partial charge on any atom is 0.197 e.